The van der Waals surface area contributed by atoms with E-state index >= 15 is 0 Å². The van der Waals surface area contributed by atoms with Gasteiger partial charge in [-0.1, -0.05) is 17.4 Å². The van der Waals surface area contributed by atoms with E-state index in [1.54, 1.807) is 23.6 Å². The van der Waals surface area contributed by atoms with Gasteiger partial charge in [-0.25, -0.2) is 0 Å². The summed E-state index contributed by atoms with van der Waals surface area (Å²) in [5.41, 5.74) is 0.493. The van der Waals surface area contributed by atoms with Gasteiger partial charge in [-0.15, -0.1) is 0 Å². The third-order valence-corrected chi connectivity index (χ3v) is 5.48. The van der Waals surface area contributed by atoms with Gasteiger partial charge >= 0.3 is 5.97 Å². The van der Waals surface area contributed by atoms with E-state index in [2.05, 4.69) is 4.99 Å². The summed E-state index contributed by atoms with van der Waals surface area (Å²) in [6, 6.07) is 8.82. The summed E-state index contributed by atoms with van der Waals surface area (Å²) in [4.78, 5) is 39.7. The third-order valence-electron chi connectivity index (χ3n) is 4.44. The zero-order valence-corrected chi connectivity index (χ0v) is 17.2. The molecule has 0 unspecified atom stereocenters. The number of fused-ring (bicyclic) bond motifs is 2. The molecule has 4 rings (SSSR count). The van der Waals surface area contributed by atoms with Gasteiger partial charge < -0.3 is 18.8 Å². The van der Waals surface area contributed by atoms with Gasteiger partial charge in [-0.2, -0.15) is 4.99 Å². The highest BCUT2D eigenvalue weighted by Crippen LogP contribution is 2.35. The molecular formula is C20H17N3O7S. The second-order valence-corrected chi connectivity index (χ2v) is 7.47. The molecule has 1 aromatic heterocycles. The van der Waals surface area contributed by atoms with Crippen LogP contribution in [0.3, 0.4) is 0 Å². The Morgan fingerprint density at radius 2 is 1.97 bits per heavy atom. The number of hydrogen-bond donors (Lipinski definition) is 0. The van der Waals surface area contributed by atoms with Crippen molar-refractivity contribution in [2.45, 2.75) is 13.5 Å². The predicted octanol–water partition coefficient (Wildman–Crippen LogP) is 2.69. The predicted molar refractivity (Wildman–Crippen MR) is 110 cm³/mol. The fraction of sp³-hybridized carbons (Fsp3) is 0.250. The number of ether oxygens (including phenoxy) is 3. The number of non-ortho nitro benzene ring substituents is 1. The Balaban J connectivity index is 1.83. The minimum Gasteiger partial charge on any atom is -0.486 e. The Bertz CT molecular complexity index is 1260. The van der Waals surface area contributed by atoms with E-state index in [0.29, 0.717) is 30.2 Å². The second-order valence-electron chi connectivity index (χ2n) is 6.46. The number of esters is 1. The topological polar surface area (TPSA) is 122 Å². The molecule has 1 aliphatic rings. The van der Waals surface area contributed by atoms with Crippen molar-refractivity contribution >= 4 is 39.1 Å². The van der Waals surface area contributed by atoms with Crippen LogP contribution in [0.5, 0.6) is 11.5 Å². The van der Waals surface area contributed by atoms with Crippen molar-refractivity contribution < 1.29 is 28.7 Å². The van der Waals surface area contributed by atoms with E-state index in [9.17, 15) is 19.7 Å². The van der Waals surface area contributed by atoms with Crippen molar-refractivity contribution in [1.82, 2.24) is 4.57 Å². The molecule has 2 aromatic carbocycles. The van der Waals surface area contributed by atoms with Crippen molar-refractivity contribution in [2.75, 3.05) is 19.8 Å². The van der Waals surface area contributed by atoms with Crippen LogP contribution < -0.4 is 14.3 Å². The number of nitro groups is 1. The van der Waals surface area contributed by atoms with E-state index in [-0.39, 0.29) is 29.2 Å². The molecule has 31 heavy (non-hydrogen) atoms. The lowest BCUT2D eigenvalue weighted by Gasteiger charge is -2.18. The van der Waals surface area contributed by atoms with Crippen LogP contribution in [0.4, 0.5) is 5.69 Å². The Morgan fingerprint density at radius 1 is 1.23 bits per heavy atom. The van der Waals surface area contributed by atoms with Crippen LogP contribution >= 0.6 is 11.3 Å². The summed E-state index contributed by atoms with van der Waals surface area (Å²) in [5.74, 6) is -0.0444. The number of hydrogen-bond acceptors (Lipinski definition) is 8. The van der Waals surface area contributed by atoms with Gasteiger partial charge in [-0.3, -0.25) is 19.7 Å². The summed E-state index contributed by atoms with van der Waals surface area (Å²) in [5, 5.41) is 11.0. The lowest BCUT2D eigenvalue weighted by Crippen LogP contribution is -2.23. The summed E-state index contributed by atoms with van der Waals surface area (Å²) in [7, 11) is 0. The van der Waals surface area contributed by atoms with E-state index < -0.39 is 16.8 Å². The van der Waals surface area contributed by atoms with Crippen LogP contribution in [-0.4, -0.2) is 41.2 Å². The van der Waals surface area contributed by atoms with Gasteiger partial charge in [-0.05, 0) is 13.0 Å². The van der Waals surface area contributed by atoms with Gasteiger partial charge in [0.15, 0.2) is 16.3 Å². The number of nitro benzene ring substituents is 1. The molecule has 0 bridgehead atoms. The molecule has 0 atom stereocenters. The van der Waals surface area contributed by atoms with Crippen LogP contribution in [0.15, 0.2) is 41.4 Å². The van der Waals surface area contributed by atoms with Gasteiger partial charge in [0.05, 0.1) is 21.7 Å². The maximum absolute atomic E-state index is 12.7. The molecule has 3 aromatic rings. The maximum atomic E-state index is 12.7. The largest absolute Gasteiger partial charge is 0.486 e. The molecule has 2 heterocycles. The van der Waals surface area contributed by atoms with Gasteiger partial charge in [0.1, 0.15) is 19.8 Å². The number of nitrogens with zero attached hydrogens (tertiary/aromatic N) is 3. The van der Waals surface area contributed by atoms with Crippen LogP contribution in [0.1, 0.15) is 17.3 Å². The molecular weight excluding hydrogens is 426 g/mol. The monoisotopic (exact) mass is 443 g/mol. The molecule has 11 heteroatoms. The smallest absolute Gasteiger partial charge is 0.326 e. The standard InChI is InChI=1S/C20H17N3O7S/c1-2-28-18(24)11-22-14-9-15-16(30-7-6-29-15)10-17(14)31-20(22)21-19(25)12-4-3-5-13(8-12)23(26)27/h3-5,8-10H,2,6-7,11H2,1H3. The van der Waals surface area contributed by atoms with Crippen molar-refractivity contribution in [3.05, 3.63) is 56.9 Å². The zero-order valence-electron chi connectivity index (χ0n) is 16.4. The first-order valence-electron chi connectivity index (χ1n) is 9.38. The summed E-state index contributed by atoms with van der Waals surface area (Å²) in [6.45, 7) is 2.59. The highest BCUT2D eigenvalue weighted by atomic mass is 32.1. The molecule has 1 aliphatic heterocycles. The lowest BCUT2D eigenvalue weighted by atomic mass is 10.2. The van der Waals surface area contributed by atoms with Crippen molar-refractivity contribution in [3.63, 3.8) is 0 Å². The minimum atomic E-state index is -0.662. The van der Waals surface area contributed by atoms with E-state index in [1.165, 1.54) is 29.5 Å². The zero-order chi connectivity index (χ0) is 22.0. The summed E-state index contributed by atoms with van der Waals surface area (Å²) in [6.07, 6.45) is 0. The number of thiazole rings is 1. The van der Waals surface area contributed by atoms with E-state index in [1.807, 2.05) is 0 Å². The summed E-state index contributed by atoms with van der Waals surface area (Å²) >= 11 is 1.19. The first kappa shape index (κ1) is 20.5. The first-order valence-corrected chi connectivity index (χ1v) is 10.2. The Kier molecular flexibility index (Phi) is 5.67. The molecule has 0 fully saturated rings. The molecule has 0 radical (unpaired) electrons. The number of rotatable bonds is 5. The van der Waals surface area contributed by atoms with Crippen LogP contribution in [-0.2, 0) is 16.1 Å². The number of aromatic nitrogens is 1. The average Bonchev–Trinajstić information content (AvgIpc) is 3.08. The number of amides is 1. The normalized spacial score (nSPS) is 13.3. The molecule has 0 saturated carbocycles. The van der Waals surface area contributed by atoms with E-state index in [0.717, 1.165) is 10.8 Å². The Labute approximate surface area is 179 Å². The lowest BCUT2D eigenvalue weighted by molar-refractivity contribution is -0.384. The van der Waals surface area contributed by atoms with Crippen molar-refractivity contribution in [2.24, 2.45) is 4.99 Å². The number of benzene rings is 2. The van der Waals surface area contributed by atoms with Crippen LogP contribution in [0.2, 0.25) is 0 Å². The van der Waals surface area contributed by atoms with Crippen LogP contribution in [0, 0.1) is 10.1 Å². The van der Waals surface area contributed by atoms with Crippen molar-refractivity contribution in [1.29, 1.82) is 0 Å². The molecule has 0 spiro atoms. The van der Waals surface area contributed by atoms with E-state index in [4.69, 9.17) is 14.2 Å². The molecule has 1 amide bonds. The van der Waals surface area contributed by atoms with Gasteiger partial charge in [0.25, 0.3) is 11.6 Å². The highest BCUT2D eigenvalue weighted by molar-refractivity contribution is 7.16. The van der Waals surface area contributed by atoms with Crippen LogP contribution in [0.25, 0.3) is 10.2 Å². The molecule has 160 valence electrons. The van der Waals surface area contributed by atoms with Gasteiger partial charge in [0.2, 0.25) is 0 Å². The quantitative estimate of drug-likeness (QED) is 0.337. The van der Waals surface area contributed by atoms with Crippen molar-refractivity contribution in [3.8, 4) is 11.5 Å². The number of carbonyl (C=O) groups excluding carboxylic acids is 2. The second kappa shape index (κ2) is 8.56. The maximum Gasteiger partial charge on any atom is 0.326 e. The first-order chi connectivity index (χ1) is 15.0. The molecule has 10 nitrogen and oxygen atoms in total. The number of carbonyl (C=O) groups is 2. The Morgan fingerprint density at radius 3 is 2.68 bits per heavy atom. The molecule has 0 N–H and O–H groups in total. The fourth-order valence-corrected chi connectivity index (χ4v) is 4.12. The average molecular weight is 443 g/mol. The molecule has 0 aliphatic carbocycles. The fourth-order valence-electron chi connectivity index (χ4n) is 3.08. The summed E-state index contributed by atoms with van der Waals surface area (Å²) < 4.78 is 18.6. The Hall–Kier alpha value is -3.73. The molecule has 0 saturated heterocycles. The third kappa shape index (κ3) is 4.26. The highest BCUT2D eigenvalue weighted by Gasteiger charge is 2.19. The SMILES string of the molecule is CCOC(=O)Cn1c(=NC(=O)c2cccc([N+](=O)[O-])c2)sc2cc3c(cc21)OCCO3. The minimum absolute atomic E-state index is 0.0697. The van der Waals surface area contributed by atoms with Gasteiger partial charge in [0, 0.05) is 29.8 Å².